The van der Waals surface area contributed by atoms with E-state index in [9.17, 15) is 14.7 Å². The van der Waals surface area contributed by atoms with Crippen molar-refractivity contribution in [3.8, 4) is 17.1 Å². The molecule has 0 aliphatic rings. The van der Waals surface area contributed by atoms with Crippen LogP contribution in [0.25, 0.3) is 11.1 Å². The summed E-state index contributed by atoms with van der Waals surface area (Å²) in [4.78, 5) is 23.7. The number of furan rings is 1. The molecule has 0 atom stereocenters. The van der Waals surface area contributed by atoms with Gasteiger partial charge < -0.3 is 25.3 Å². The van der Waals surface area contributed by atoms with Gasteiger partial charge in [-0.25, -0.2) is 4.79 Å². The molecule has 0 unspecified atom stereocenters. The van der Waals surface area contributed by atoms with Gasteiger partial charge in [-0.3, -0.25) is 10.2 Å². The lowest BCUT2D eigenvalue weighted by Gasteiger charge is -2.10. The van der Waals surface area contributed by atoms with Crippen molar-refractivity contribution in [1.82, 2.24) is 5.32 Å². The van der Waals surface area contributed by atoms with E-state index in [2.05, 4.69) is 5.32 Å². The monoisotopic (exact) mass is 407 g/mol. The van der Waals surface area contributed by atoms with Gasteiger partial charge in [0.05, 0.1) is 11.1 Å². The molecule has 8 nitrogen and oxygen atoms in total. The average Bonchev–Trinajstić information content (AvgIpc) is 3.11. The molecule has 2 aromatic carbocycles. The maximum absolute atomic E-state index is 11.9. The Morgan fingerprint density at radius 1 is 1.10 bits per heavy atom. The molecule has 1 aromatic heterocycles. The molecule has 154 valence electrons. The maximum atomic E-state index is 11.9. The number of aryl methyl sites for hydroxylation is 1. The third-order valence-electron chi connectivity index (χ3n) is 4.49. The number of rotatable bonds is 7. The molecule has 1 amide bonds. The number of nitrogen functional groups attached to an aromatic ring is 1. The zero-order valence-electron chi connectivity index (χ0n) is 16.5. The molecule has 8 heteroatoms. The van der Waals surface area contributed by atoms with E-state index in [4.69, 9.17) is 20.3 Å². The van der Waals surface area contributed by atoms with Crippen LogP contribution in [0.2, 0.25) is 0 Å². The number of nitrogens with one attached hydrogen (secondary N) is 2. The predicted octanol–water partition coefficient (Wildman–Crippen LogP) is 3.18. The first-order valence-corrected chi connectivity index (χ1v) is 9.06. The molecule has 3 aromatic rings. The minimum absolute atomic E-state index is 0.0205. The summed E-state index contributed by atoms with van der Waals surface area (Å²) in [7, 11) is 1.48. The summed E-state index contributed by atoms with van der Waals surface area (Å²) in [6.07, 6.45) is 0. The van der Waals surface area contributed by atoms with Gasteiger partial charge in [0.2, 0.25) is 0 Å². The first kappa shape index (κ1) is 20.7. The van der Waals surface area contributed by atoms with Crippen molar-refractivity contribution in [3.63, 3.8) is 0 Å². The SMILES string of the molecule is CNC(=O)c1ccc(-c2cc(C)oc2OCc2ccc(C(=N)N)cc2)c(C(=O)O)c1. The third-order valence-corrected chi connectivity index (χ3v) is 4.49. The zero-order valence-corrected chi connectivity index (χ0v) is 16.5. The van der Waals surface area contributed by atoms with Gasteiger partial charge in [-0.05, 0) is 30.7 Å². The summed E-state index contributed by atoms with van der Waals surface area (Å²) in [6, 6.07) is 13.1. The van der Waals surface area contributed by atoms with Crippen LogP contribution in [0, 0.1) is 12.3 Å². The number of carbonyl (C=O) groups excluding carboxylic acids is 1. The number of carbonyl (C=O) groups is 2. The van der Waals surface area contributed by atoms with Crippen LogP contribution >= 0.6 is 0 Å². The van der Waals surface area contributed by atoms with Crippen molar-refractivity contribution in [3.05, 3.63) is 76.5 Å². The second kappa shape index (κ2) is 8.52. The van der Waals surface area contributed by atoms with E-state index in [0.717, 1.165) is 5.56 Å². The van der Waals surface area contributed by atoms with Crippen molar-refractivity contribution in [2.24, 2.45) is 5.73 Å². The molecule has 0 radical (unpaired) electrons. The molecule has 1 heterocycles. The normalized spacial score (nSPS) is 10.5. The number of aromatic carboxylic acids is 1. The van der Waals surface area contributed by atoms with E-state index in [1.807, 2.05) is 0 Å². The van der Waals surface area contributed by atoms with Gasteiger partial charge in [-0.15, -0.1) is 0 Å². The summed E-state index contributed by atoms with van der Waals surface area (Å²) in [5.74, 6) is -0.830. The van der Waals surface area contributed by atoms with Crippen molar-refractivity contribution < 1.29 is 23.8 Å². The third kappa shape index (κ3) is 4.33. The van der Waals surface area contributed by atoms with Gasteiger partial charge in [0, 0.05) is 23.7 Å². The quantitative estimate of drug-likeness (QED) is 0.350. The topological polar surface area (TPSA) is 139 Å². The van der Waals surface area contributed by atoms with E-state index < -0.39 is 5.97 Å². The van der Waals surface area contributed by atoms with Crippen LogP contribution in [-0.2, 0) is 6.61 Å². The number of carboxylic acid groups (broad SMARTS) is 1. The number of ether oxygens (including phenoxy) is 1. The standard InChI is InChI=1S/C22H21N3O5/c1-12-9-18(16-8-7-15(20(26)25-2)10-17(16)21(27)28)22(30-12)29-11-13-3-5-14(6-4-13)19(23)24/h3-10H,11H2,1-2H3,(H3,23,24)(H,25,26)(H,27,28). The second-order valence-corrected chi connectivity index (χ2v) is 6.60. The average molecular weight is 407 g/mol. The van der Waals surface area contributed by atoms with Gasteiger partial charge in [-0.2, -0.15) is 0 Å². The number of hydrogen-bond donors (Lipinski definition) is 4. The number of hydrogen-bond acceptors (Lipinski definition) is 5. The molecule has 3 rings (SSSR count). The Morgan fingerprint density at radius 3 is 2.37 bits per heavy atom. The Bertz CT molecular complexity index is 1120. The fourth-order valence-electron chi connectivity index (χ4n) is 2.96. The molecule has 0 bridgehead atoms. The van der Waals surface area contributed by atoms with E-state index >= 15 is 0 Å². The van der Waals surface area contributed by atoms with Crippen molar-refractivity contribution in [2.45, 2.75) is 13.5 Å². The molecule has 0 fully saturated rings. The second-order valence-electron chi connectivity index (χ2n) is 6.60. The Hall–Kier alpha value is -4.07. The van der Waals surface area contributed by atoms with Crippen LogP contribution in [-0.4, -0.2) is 29.9 Å². The Morgan fingerprint density at radius 2 is 1.77 bits per heavy atom. The van der Waals surface area contributed by atoms with Crippen LogP contribution in [0.5, 0.6) is 5.95 Å². The van der Waals surface area contributed by atoms with Gasteiger partial charge >= 0.3 is 5.97 Å². The van der Waals surface area contributed by atoms with Gasteiger partial charge in [0.25, 0.3) is 11.9 Å². The van der Waals surface area contributed by atoms with Crippen molar-refractivity contribution >= 4 is 17.7 Å². The number of amidine groups is 1. The highest BCUT2D eigenvalue weighted by Gasteiger charge is 2.21. The summed E-state index contributed by atoms with van der Waals surface area (Å²) in [6.45, 7) is 1.91. The minimum atomic E-state index is -1.17. The molecular formula is C22H21N3O5. The summed E-state index contributed by atoms with van der Waals surface area (Å²) < 4.78 is 11.4. The van der Waals surface area contributed by atoms with Crippen LogP contribution < -0.4 is 15.8 Å². The minimum Gasteiger partial charge on any atom is -0.478 e. The Balaban J connectivity index is 1.92. The molecule has 30 heavy (non-hydrogen) atoms. The number of carboxylic acids is 1. The lowest BCUT2D eigenvalue weighted by atomic mass is 9.98. The lowest BCUT2D eigenvalue weighted by Crippen LogP contribution is -2.18. The van der Waals surface area contributed by atoms with Crippen LogP contribution in [0.3, 0.4) is 0 Å². The van der Waals surface area contributed by atoms with Crippen molar-refractivity contribution in [1.29, 1.82) is 5.41 Å². The maximum Gasteiger partial charge on any atom is 0.336 e. The number of amides is 1. The molecule has 0 aliphatic carbocycles. The van der Waals surface area contributed by atoms with E-state index in [0.29, 0.717) is 22.5 Å². The molecule has 0 saturated carbocycles. The molecular weight excluding hydrogens is 386 g/mol. The molecule has 0 saturated heterocycles. The molecule has 5 N–H and O–H groups in total. The van der Waals surface area contributed by atoms with Crippen LogP contribution in [0.4, 0.5) is 0 Å². The van der Waals surface area contributed by atoms with E-state index in [-0.39, 0.29) is 35.4 Å². The van der Waals surface area contributed by atoms with E-state index in [1.165, 1.54) is 13.1 Å². The highest BCUT2D eigenvalue weighted by Crippen LogP contribution is 2.36. The first-order chi connectivity index (χ1) is 14.3. The highest BCUT2D eigenvalue weighted by atomic mass is 16.6. The van der Waals surface area contributed by atoms with Crippen molar-refractivity contribution in [2.75, 3.05) is 7.05 Å². The molecule has 0 aliphatic heterocycles. The fourth-order valence-corrected chi connectivity index (χ4v) is 2.96. The number of benzene rings is 2. The smallest absolute Gasteiger partial charge is 0.336 e. The van der Waals surface area contributed by atoms with Gasteiger partial charge in [-0.1, -0.05) is 30.3 Å². The first-order valence-electron chi connectivity index (χ1n) is 9.06. The van der Waals surface area contributed by atoms with Crippen LogP contribution in [0.1, 0.15) is 37.6 Å². The summed E-state index contributed by atoms with van der Waals surface area (Å²) >= 11 is 0. The van der Waals surface area contributed by atoms with Gasteiger partial charge in [0.15, 0.2) is 0 Å². The van der Waals surface area contributed by atoms with E-state index in [1.54, 1.807) is 49.4 Å². The highest BCUT2D eigenvalue weighted by molar-refractivity contribution is 6.02. The summed E-state index contributed by atoms with van der Waals surface area (Å²) in [5, 5.41) is 19.6. The largest absolute Gasteiger partial charge is 0.478 e. The predicted molar refractivity (Wildman–Crippen MR) is 111 cm³/mol. The number of nitrogens with two attached hydrogens (primary N) is 1. The zero-order chi connectivity index (χ0) is 21.8. The van der Waals surface area contributed by atoms with Gasteiger partial charge in [0.1, 0.15) is 18.2 Å². The Labute approximate surface area is 172 Å². The fraction of sp³-hybridized carbons (Fsp3) is 0.136. The Kier molecular flexibility index (Phi) is 5.87. The van der Waals surface area contributed by atoms with Crippen LogP contribution in [0.15, 0.2) is 52.9 Å². The summed E-state index contributed by atoms with van der Waals surface area (Å²) in [5.41, 5.74) is 7.96. The lowest BCUT2D eigenvalue weighted by molar-refractivity contribution is 0.0697. The molecule has 0 spiro atoms.